The zero-order valence-electron chi connectivity index (χ0n) is 63.3. The van der Waals surface area contributed by atoms with E-state index in [1.165, 1.54) is 130 Å². The first-order chi connectivity index (χ1) is 54.3. The highest BCUT2D eigenvalue weighted by molar-refractivity contribution is 5.88. The first kappa shape index (κ1) is 77.3. The van der Waals surface area contributed by atoms with E-state index in [0.29, 0.717) is 0 Å². The van der Waals surface area contributed by atoms with Crippen LogP contribution in [0.5, 0.6) is 0 Å². The van der Waals surface area contributed by atoms with E-state index in [9.17, 15) is 0 Å². The van der Waals surface area contributed by atoms with Gasteiger partial charge in [-0.2, -0.15) is 0 Å². The first-order valence-electron chi connectivity index (χ1n) is 37.7. The maximum atomic E-state index is 2.18. The summed E-state index contributed by atoms with van der Waals surface area (Å²) < 4.78 is 0. The Kier molecular flexibility index (Phi) is 30.2. The van der Waals surface area contributed by atoms with Crippen molar-refractivity contribution in [3.05, 3.63) is 520 Å². The minimum Gasteiger partial charge on any atom is -0.0616 e. The first-order valence-corrected chi connectivity index (χ1v) is 37.7. The van der Waals surface area contributed by atoms with Crippen LogP contribution < -0.4 is 0 Å². The molecule has 0 heterocycles. The van der Waals surface area contributed by atoms with Crippen molar-refractivity contribution in [2.45, 2.75) is 27.7 Å². The van der Waals surface area contributed by atoms with Crippen LogP contribution in [-0.2, 0) is 0 Å². The molecule has 0 spiro atoms. The molecule has 0 aliphatic carbocycles. The smallest absolute Gasteiger partial charge is 0.0184 e. The molecule has 0 saturated heterocycles. The van der Waals surface area contributed by atoms with Crippen molar-refractivity contribution in [2.24, 2.45) is 0 Å². The molecule has 0 aromatic heterocycles. The zero-order valence-corrected chi connectivity index (χ0v) is 63.3. The number of aryl methyl sites for hydroxylation is 2. The maximum absolute atomic E-state index is 2.18. The van der Waals surface area contributed by atoms with E-state index in [1.54, 1.807) is 0 Å². The van der Waals surface area contributed by atoms with E-state index in [4.69, 9.17) is 0 Å². The number of rotatable bonds is 0. The summed E-state index contributed by atoms with van der Waals surface area (Å²) in [7, 11) is 0. The van der Waals surface area contributed by atoms with Crippen LogP contribution in [0, 0.1) is 27.7 Å². The van der Waals surface area contributed by atoms with Crippen molar-refractivity contribution in [1.82, 2.24) is 0 Å². The Balaban J connectivity index is 0.000000120. The van der Waals surface area contributed by atoms with E-state index < -0.39 is 0 Å². The summed E-state index contributed by atoms with van der Waals surface area (Å²) in [6.07, 6.45) is 0. The molecule has 0 bridgehead atoms. The second-order valence-corrected chi connectivity index (χ2v) is 26.4. The predicted octanol–water partition coefficient (Wildman–Crippen LogP) is 31.3. The van der Waals surface area contributed by atoms with E-state index in [0.717, 1.165) is 0 Å². The molecule has 0 aliphatic rings. The molecule has 110 heavy (non-hydrogen) atoms. The van der Waals surface area contributed by atoms with E-state index in [2.05, 4.69) is 525 Å². The average molecular weight is 1420 g/mol. The molecular formula is C110H94. The van der Waals surface area contributed by atoms with Gasteiger partial charge in [-0.1, -0.05) is 497 Å². The van der Waals surface area contributed by atoms with Crippen molar-refractivity contribution in [3.8, 4) is 0 Å². The average Bonchev–Trinajstić information content (AvgIpc) is 0.870. The highest BCUT2D eigenvalue weighted by Gasteiger charge is 1.99. The largest absolute Gasteiger partial charge is 0.0616 e. The normalized spacial score (nSPS) is 10.0. The van der Waals surface area contributed by atoms with Crippen LogP contribution in [0.2, 0.25) is 0 Å². The molecule has 0 radical (unpaired) electrons. The monoisotopic (exact) mass is 1410 g/mol. The summed E-state index contributed by atoms with van der Waals surface area (Å²) in [6, 6.07) is 171. The van der Waals surface area contributed by atoms with E-state index in [1.807, 2.05) is 0 Å². The standard InChI is InChI=1S/10C10H8.C10H14/c10*1-2-6-10-8-4-3-7-9(10)5-1;1-7-5-6-8(2)10(4)9(7)3/h10*1-8H;5-6H,1-4H3. The molecule has 21 rings (SSSR count). The molecule has 21 aromatic rings. The second kappa shape index (κ2) is 43.0. The Bertz CT molecular complexity index is 4400. The lowest BCUT2D eigenvalue weighted by molar-refractivity contribution is 1.22. The van der Waals surface area contributed by atoms with Crippen LogP contribution in [0.1, 0.15) is 22.3 Å². The molecule has 0 aliphatic heterocycles. The molecule has 0 heteroatoms. The molecule has 534 valence electrons. The van der Waals surface area contributed by atoms with Gasteiger partial charge >= 0.3 is 0 Å². The highest BCUT2D eigenvalue weighted by atomic mass is 14.0. The lowest BCUT2D eigenvalue weighted by atomic mass is 10.0. The van der Waals surface area contributed by atoms with Gasteiger partial charge in [-0.15, -0.1) is 0 Å². The Morgan fingerprint density at radius 3 is 0.191 bits per heavy atom. The third-order valence-electron chi connectivity index (χ3n) is 18.9. The minimum absolute atomic E-state index is 1.31. The predicted molar refractivity (Wildman–Crippen MR) is 485 cm³/mol. The van der Waals surface area contributed by atoms with Crippen LogP contribution in [0.15, 0.2) is 497 Å². The van der Waals surface area contributed by atoms with Gasteiger partial charge in [0.2, 0.25) is 0 Å². The van der Waals surface area contributed by atoms with Gasteiger partial charge in [-0.3, -0.25) is 0 Å². The van der Waals surface area contributed by atoms with Crippen LogP contribution in [0.4, 0.5) is 0 Å². The molecule has 0 fully saturated rings. The van der Waals surface area contributed by atoms with Gasteiger partial charge in [0.25, 0.3) is 0 Å². The van der Waals surface area contributed by atoms with Crippen LogP contribution in [0.3, 0.4) is 0 Å². The quantitative estimate of drug-likeness (QED) is 0.142. The SMILES string of the molecule is Cc1ccc(C)c(C)c1C.c1ccc2ccccc2c1.c1ccc2ccccc2c1.c1ccc2ccccc2c1.c1ccc2ccccc2c1.c1ccc2ccccc2c1.c1ccc2ccccc2c1.c1ccc2ccccc2c1.c1ccc2ccccc2c1.c1ccc2ccccc2c1.c1ccc2ccccc2c1. The van der Waals surface area contributed by atoms with Gasteiger partial charge in [0.1, 0.15) is 0 Å². The van der Waals surface area contributed by atoms with Crippen molar-refractivity contribution in [3.63, 3.8) is 0 Å². The van der Waals surface area contributed by atoms with Crippen LogP contribution in [-0.4, -0.2) is 0 Å². The number of benzene rings is 21. The molecule has 0 saturated carbocycles. The summed E-state index contributed by atoms with van der Waals surface area (Å²) in [5, 5.41) is 26.2. The Morgan fingerprint density at radius 1 is 0.0818 bits per heavy atom. The highest BCUT2D eigenvalue weighted by Crippen LogP contribution is 2.20. The topological polar surface area (TPSA) is 0 Å². The van der Waals surface area contributed by atoms with Crippen LogP contribution >= 0.6 is 0 Å². The lowest BCUT2D eigenvalue weighted by Gasteiger charge is -2.06. The fraction of sp³-hybridized carbons (Fsp3) is 0.0364. The van der Waals surface area contributed by atoms with Gasteiger partial charge in [0, 0.05) is 0 Å². The Morgan fingerprint density at radius 2 is 0.136 bits per heavy atom. The maximum Gasteiger partial charge on any atom is -0.0184 e. The van der Waals surface area contributed by atoms with Crippen molar-refractivity contribution < 1.29 is 0 Å². The minimum atomic E-state index is 1.31. The zero-order chi connectivity index (χ0) is 75.8. The van der Waals surface area contributed by atoms with Crippen molar-refractivity contribution >= 4 is 108 Å². The summed E-state index contributed by atoms with van der Waals surface area (Å²) in [5.74, 6) is 0. The number of fused-ring (bicyclic) bond motifs is 10. The molecule has 0 N–H and O–H groups in total. The van der Waals surface area contributed by atoms with E-state index in [-0.39, 0.29) is 0 Å². The Labute approximate surface area is 650 Å². The van der Waals surface area contributed by atoms with Crippen molar-refractivity contribution in [1.29, 1.82) is 0 Å². The molecule has 0 unspecified atom stereocenters. The summed E-state index contributed by atoms with van der Waals surface area (Å²) in [4.78, 5) is 0. The summed E-state index contributed by atoms with van der Waals surface area (Å²) in [6.45, 7) is 8.67. The molecule has 21 aromatic carbocycles. The number of hydrogen-bond acceptors (Lipinski definition) is 0. The van der Waals surface area contributed by atoms with Crippen molar-refractivity contribution in [2.75, 3.05) is 0 Å². The molecular weight excluding hydrogens is 1320 g/mol. The second-order valence-electron chi connectivity index (χ2n) is 26.4. The molecule has 0 amide bonds. The third-order valence-corrected chi connectivity index (χ3v) is 18.9. The van der Waals surface area contributed by atoms with E-state index >= 15 is 0 Å². The van der Waals surface area contributed by atoms with Gasteiger partial charge in [0.05, 0.1) is 0 Å². The number of hydrogen-bond donors (Lipinski definition) is 0. The van der Waals surface area contributed by atoms with Gasteiger partial charge < -0.3 is 0 Å². The summed E-state index contributed by atoms with van der Waals surface area (Å²) in [5.41, 5.74) is 5.64. The van der Waals surface area contributed by atoms with Gasteiger partial charge in [-0.05, 0) is 158 Å². The van der Waals surface area contributed by atoms with Crippen LogP contribution in [0.25, 0.3) is 108 Å². The van der Waals surface area contributed by atoms with Gasteiger partial charge in [0.15, 0.2) is 0 Å². The third kappa shape index (κ3) is 24.4. The fourth-order valence-electron chi connectivity index (χ4n) is 12.4. The molecule has 0 nitrogen and oxygen atoms in total. The fourth-order valence-corrected chi connectivity index (χ4v) is 12.4. The molecule has 0 atom stereocenters. The Hall–Kier alpha value is -13.8. The summed E-state index contributed by atoms with van der Waals surface area (Å²) >= 11 is 0. The lowest BCUT2D eigenvalue weighted by Crippen LogP contribution is -1.88. The van der Waals surface area contributed by atoms with Gasteiger partial charge in [-0.25, -0.2) is 0 Å².